The van der Waals surface area contributed by atoms with Crippen molar-refractivity contribution in [1.82, 2.24) is 14.8 Å². The van der Waals surface area contributed by atoms with Crippen molar-refractivity contribution in [3.8, 4) is 5.75 Å². The molecular formula is C35H44N4O6. The third kappa shape index (κ3) is 9.12. The summed E-state index contributed by atoms with van der Waals surface area (Å²) >= 11 is 0. The normalized spacial score (nSPS) is 20.2. The van der Waals surface area contributed by atoms with Gasteiger partial charge in [0.25, 0.3) is 17.7 Å². The van der Waals surface area contributed by atoms with Crippen LogP contribution in [0.25, 0.3) is 0 Å². The molecule has 0 saturated heterocycles. The smallest absolute Gasteiger partial charge is 0.258 e. The van der Waals surface area contributed by atoms with Crippen LogP contribution in [0.1, 0.15) is 71.1 Å². The Morgan fingerprint density at radius 3 is 2.51 bits per heavy atom. The largest absolute Gasteiger partial charge is 0.490 e. The summed E-state index contributed by atoms with van der Waals surface area (Å²) in [4.78, 5) is 47.6. The maximum Gasteiger partial charge on any atom is 0.258 e. The van der Waals surface area contributed by atoms with Gasteiger partial charge in [0, 0.05) is 61.9 Å². The van der Waals surface area contributed by atoms with E-state index in [1.165, 1.54) is 0 Å². The van der Waals surface area contributed by atoms with E-state index in [1.54, 1.807) is 78.6 Å². The molecule has 0 aliphatic carbocycles. The highest BCUT2D eigenvalue weighted by Gasteiger charge is 2.31. The van der Waals surface area contributed by atoms with Gasteiger partial charge in [-0.05, 0) is 75.6 Å². The topological polar surface area (TPSA) is 121 Å². The fourth-order valence-corrected chi connectivity index (χ4v) is 5.32. The van der Waals surface area contributed by atoms with Crippen molar-refractivity contribution in [2.45, 2.75) is 58.3 Å². The van der Waals surface area contributed by atoms with Gasteiger partial charge in [-0.1, -0.05) is 25.1 Å². The fourth-order valence-electron chi connectivity index (χ4n) is 5.32. The van der Waals surface area contributed by atoms with Gasteiger partial charge in [-0.3, -0.25) is 19.4 Å². The maximum absolute atomic E-state index is 14.3. The molecule has 10 heteroatoms. The number of ether oxygens (including phenoxy) is 2. The Balaban J connectivity index is 1.63. The number of nitrogens with zero attached hydrogens (tertiary/aromatic N) is 3. The number of rotatable bonds is 7. The Bertz CT molecular complexity index is 1420. The first kappa shape index (κ1) is 33.6. The molecule has 0 saturated carbocycles. The van der Waals surface area contributed by atoms with Crippen molar-refractivity contribution in [3.63, 3.8) is 0 Å². The summed E-state index contributed by atoms with van der Waals surface area (Å²) in [6.45, 7) is 6.60. The summed E-state index contributed by atoms with van der Waals surface area (Å²) in [6, 6.07) is 16.9. The molecule has 4 rings (SSSR count). The molecule has 2 heterocycles. The number of aromatic nitrogens is 1. The predicted octanol–water partition coefficient (Wildman–Crippen LogP) is 4.90. The number of carbonyl (C=O) groups is 3. The van der Waals surface area contributed by atoms with Gasteiger partial charge in [0.05, 0.1) is 30.4 Å². The Hall–Kier alpha value is -4.28. The lowest BCUT2D eigenvalue weighted by Crippen LogP contribution is -2.48. The molecule has 1 aromatic heterocycles. The highest BCUT2D eigenvalue weighted by molar-refractivity contribution is 6.05. The van der Waals surface area contributed by atoms with E-state index in [4.69, 9.17) is 9.47 Å². The number of pyridine rings is 1. The lowest BCUT2D eigenvalue weighted by molar-refractivity contribution is -0.0149. The molecule has 2 aromatic carbocycles. The van der Waals surface area contributed by atoms with Gasteiger partial charge in [0.15, 0.2) is 0 Å². The number of fused-ring (bicyclic) bond motifs is 1. The minimum Gasteiger partial charge on any atom is -0.490 e. The number of carbonyl (C=O) groups excluding carboxylic acids is 3. The fraction of sp³-hybridized carbons (Fsp3) is 0.429. The van der Waals surface area contributed by atoms with Crippen LogP contribution in [0.4, 0.5) is 5.69 Å². The maximum atomic E-state index is 14.3. The molecule has 3 amide bonds. The number of nitrogens with one attached hydrogen (secondary N) is 1. The van der Waals surface area contributed by atoms with Crippen molar-refractivity contribution in [2.75, 3.05) is 38.7 Å². The summed E-state index contributed by atoms with van der Waals surface area (Å²) in [5.41, 5.74) is 1.75. The summed E-state index contributed by atoms with van der Waals surface area (Å²) in [5.74, 6) is -0.549. The van der Waals surface area contributed by atoms with Crippen LogP contribution in [0.5, 0.6) is 5.75 Å². The Morgan fingerprint density at radius 2 is 1.80 bits per heavy atom. The number of aliphatic hydroxyl groups is 1. The SMILES string of the molecule is C[C@@H]1CCCCO[C@@H](CN(C)C(=O)c2ccccc2)[C@H](C)CN([C@@H](C)CO)C(=O)c2cc(NC(=O)c3ccncc3)ccc2O1. The number of benzene rings is 2. The predicted molar refractivity (Wildman–Crippen MR) is 172 cm³/mol. The minimum absolute atomic E-state index is 0.108. The first-order valence-electron chi connectivity index (χ1n) is 15.5. The number of likely N-dealkylation sites (N-methyl/N-ethyl adjacent to an activating group) is 1. The average Bonchev–Trinajstić information content (AvgIpc) is 3.06. The second kappa shape index (κ2) is 16.2. The van der Waals surface area contributed by atoms with Crippen molar-refractivity contribution in [1.29, 1.82) is 0 Å². The molecule has 4 atom stereocenters. The summed E-state index contributed by atoms with van der Waals surface area (Å²) in [7, 11) is 1.76. The molecule has 0 spiro atoms. The van der Waals surface area contributed by atoms with E-state index in [1.807, 2.05) is 32.0 Å². The van der Waals surface area contributed by atoms with Crippen LogP contribution in [0, 0.1) is 5.92 Å². The van der Waals surface area contributed by atoms with Crippen LogP contribution >= 0.6 is 0 Å². The zero-order valence-corrected chi connectivity index (χ0v) is 26.5. The molecule has 1 aliphatic heterocycles. The Labute approximate surface area is 265 Å². The van der Waals surface area contributed by atoms with E-state index in [2.05, 4.69) is 10.3 Å². The van der Waals surface area contributed by atoms with Crippen molar-refractivity contribution >= 4 is 23.4 Å². The van der Waals surface area contributed by atoms with Crippen LogP contribution in [0.3, 0.4) is 0 Å². The molecule has 0 bridgehead atoms. The molecule has 10 nitrogen and oxygen atoms in total. The lowest BCUT2D eigenvalue weighted by Gasteiger charge is -2.36. The molecule has 240 valence electrons. The Morgan fingerprint density at radius 1 is 1.07 bits per heavy atom. The lowest BCUT2D eigenvalue weighted by atomic mass is 10.0. The zero-order chi connectivity index (χ0) is 32.3. The van der Waals surface area contributed by atoms with Crippen LogP contribution < -0.4 is 10.1 Å². The number of aliphatic hydroxyl groups excluding tert-OH is 1. The van der Waals surface area contributed by atoms with E-state index < -0.39 is 6.04 Å². The molecular weight excluding hydrogens is 572 g/mol. The average molecular weight is 617 g/mol. The van der Waals surface area contributed by atoms with E-state index >= 15 is 0 Å². The van der Waals surface area contributed by atoms with Crippen molar-refractivity contribution in [3.05, 3.63) is 89.7 Å². The van der Waals surface area contributed by atoms with Gasteiger partial charge < -0.3 is 29.7 Å². The van der Waals surface area contributed by atoms with E-state index in [0.717, 1.165) is 19.3 Å². The van der Waals surface area contributed by atoms with Crippen LogP contribution in [-0.4, -0.2) is 89.2 Å². The quantitative estimate of drug-likeness (QED) is 0.387. The van der Waals surface area contributed by atoms with Gasteiger partial charge in [-0.15, -0.1) is 0 Å². The molecule has 1 aliphatic rings. The van der Waals surface area contributed by atoms with Crippen LogP contribution in [0.2, 0.25) is 0 Å². The van der Waals surface area contributed by atoms with Gasteiger partial charge in [0.2, 0.25) is 0 Å². The van der Waals surface area contributed by atoms with Gasteiger partial charge in [0.1, 0.15) is 5.75 Å². The number of hydrogen-bond donors (Lipinski definition) is 2. The monoisotopic (exact) mass is 616 g/mol. The molecule has 0 radical (unpaired) electrons. The number of amides is 3. The summed E-state index contributed by atoms with van der Waals surface area (Å²) in [6.07, 6.45) is 4.97. The molecule has 2 N–H and O–H groups in total. The second-order valence-electron chi connectivity index (χ2n) is 11.8. The molecule has 3 aromatic rings. The standard InChI is InChI=1S/C35H44N4O6/c1-24-21-39(25(2)23-40)35(43)30-20-29(37-33(41)27-15-17-36-18-16-27)13-14-31(30)45-26(3)10-8-9-19-44-32(24)22-38(4)34(42)28-11-6-5-7-12-28/h5-7,11-18,20,24-26,32,40H,8-10,19,21-23H2,1-4H3,(H,37,41)/t24-,25+,26-,32+/m1/s1. The summed E-state index contributed by atoms with van der Waals surface area (Å²) < 4.78 is 12.6. The zero-order valence-electron chi connectivity index (χ0n) is 26.5. The molecule has 45 heavy (non-hydrogen) atoms. The minimum atomic E-state index is -0.516. The summed E-state index contributed by atoms with van der Waals surface area (Å²) in [5, 5.41) is 13.1. The molecule has 0 fully saturated rings. The van der Waals surface area contributed by atoms with Gasteiger partial charge >= 0.3 is 0 Å². The highest BCUT2D eigenvalue weighted by atomic mass is 16.5. The van der Waals surface area contributed by atoms with Crippen LogP contribution in [-0.2, 0) is 4.74 Å². The van der Waals surface area contributed by atoms with E-state index in [9.17, 15) is 19.5 Å². The second-order valence-corrected chi connectivity index (χ2v) is 11.8. The van der Waals surface area contributed by atoms with Gasteiger partial charge in [-0.25, -0.2) is 0 Å². The third-order valence-electron chi connectivity index (χ3n) is 8.07. The van der Waals surface area contributed by atoms with Crippen molar-refractivity contribution < 1.29 is 29.0 Å². The first-order valence-corrected chi connectivity index (χ1v) is 15.5. The molecule has 0 unspecified atom stereocenters. The third-order valence-corrected chi connectivity index (χ3v) is 8.07. The van der Waals surface area contributed by atoms with E-state index in [0.29, 0.717) is 35.7 Å². The number of anilines is 1. The number of hydrogen-bond acceptors (Lipinski definition) is 7. The van der Waals surface area contributed by atoms with Crippen LogP contribution in [0.15, 0.2) is 73.1 Å². The highest BCUT2D eigenvalue weighted by Crippen LogP contribution is 2.29. The van der Waals surface area contributed by atoms with Crippen molar-refractivity contribution in [2.24, 2.45) is 5.92 Å². The van der Waals surface area contributed by atoms with Gasteiger partial charge in [-0.2, -0.15) is 0 Å². The van der Waals surface area contributed by atoms with E-state index in [-0.39, 0.29) is 54.6 Å². The Kier molecular flexibility index (Phi) is 12.1. The first-order chi connectivity index (χ1) is 21.7.